The Bertz CT molecular complexity index is 594. The van der Waals surface area contributed by atoms with E-state index in [1.54, 1.807) is 37.3 Å². The molecule has 0 aliphatic rings. The zero-order valence-corrected chi connectivity index (χ0v) is 11.6. The van der Waals surface area contributed by atoms with Crippen LogP contribution in [0.5, 0.6) is 11.5 Å². The number of phenols is 1. The number of hydrogen-bond acceptors (Lipinski definition) is 5. The van der Waals surface area contributed by atoms with Crippen molar-refractivity contribution in [1.29, 1.82) is 0 Å². The Morgan fingerprint density at radius 3 is 2.81 bits per heavy atom. The van der Waals surface area contributed by atoms with Crippen LogP contribution in [0, 0.1) is 0 Å². The van der Waals surface area contributed by atoms with Crippen molar-refractivity contribution in [3.63, 3.8) is 0 Å². The van der Waals surface area contributed by atoms with Gasteiger partial charge in [0.25, 0.3) is 0 Å². The largest absolute Gasteiger partial charge is 0.504 e. The average Bonchev–Trinajstić information content (AvgIpc) is 2.96. The lowest BCUT2D eigenvalue weighted by molar-refractivity contribution is -0.139. The minimum absolute atomic E-state index is 0.168. The standard InChI is InChI=1S/C15H17NO5/c1-2-20-12-7-3-6-11(14(12)17)13(15(18)19)16-9-10-5-4-8-21-10/h3-8,13,16-17H,2,9H2,1H3,(H,18,19). The zero-order valence-electron chi connectivity index (χ0n) is 11.6. The molecule has 2 rings (SSSR count). The first-order valence-corrected chi connectivity index (χ1v) is 6.56. The molecule has 6 nitrogen and oxygen atoms in total. The van der Waals surface area contributed by atoms with Crippen LogP contribution < -0.4 is 10.1 Å². The van der Waals surface area contributed by atoms with Gasteiger partial charge >= 0.3 is 5.97 Å². The first kappa shape index (κ1) is 14.9. The molecule has 1 aromatic heterocycles. The van der Waals surface area contributed by atoms with E-state index in [9.17, 15) is 15.0 Å². The highest BCUT2D eigenvalue weighted by Gasteiger charge is 2.24. The third-order valence-corrected chi connectivity index (χ3v) is 2.95. The van der Waals surface area contributed by atoms with Crippen LogP contribution in [0.3, 0.4) is 0 Å². The molecule has 0 aliphatic carbocycles. The molecule has 1 unspecified atom stereocenters. The molecule has 0 amide bonds. The number of phenolic OH excluding ortho intramolecular Hbond substituents is 1. The van der Waals surface area contributed by atoms with Crippen molar-refractivity contribution in [2.75, 3.05) is 6.61 Å². The molecular formula is C15H17NO5. The summed E-state index contributed by atoms with van der Waals surface area (Å²) < 4.78 is 10.4. The van der Waals surface area contributed by atoms with E-state index in [-0.39, 0.29) is 23.6 Å². The maximum Gasteiger partial charge on any atom is 0.325 e. The van der Waals surface area contributed by atoms with Crippen molar-refractivity contribution in [1.82, 2.24) is 5.32 Å². The number of hydrogen-bond donors (Lipinski definition) is 3. The van der Waals surface area contributed by atoms with Gasteiger partial charge in [-0.1, -0.05) is 12.1 Å². The fraction of sp³-hybridized carbons (Fsp3) is 0.267. The Balaban J connectivity index is 2.21. The summed E-state index contributed by atoms with van der Waals surface area (Å²) in [7, 11) is 0. The zero-order chi connectivity index (χ0) is 15.2. The Morgan fingerprint density at radius 2 is 2.19 bits per heavy atom. The second-order valence-electron chi connectivity index (χ2n) is 4.36. The minimum atomic E-state index is -1.09. The molecule has 0 aliphatic heterocycles. The van der Waals surface area contributed by atoms with Crippen LogP contribution in [0.4, 0.5) is 0 Å². The van der Waals surface area contributed by atoms with Gasteiger partial charge in [0.15, 0.2) is 11.5 Å². The third kappa shape index (κ3) is 3.55. The Kier molecular flexibility index (Phi) is 4.84. The third-order valence-electron chi connectivity index (χ3n) is 2.95. The second kappa shape index (κ2) is 6.81. The highest BCUT2D eigenvalue weighted by Crippen LogP contribution is 2.34. The van der Waals surface area contributed by atoms with E-state index in [1.165, 1.54) is 6.26 Å². The number of carboxylic acids is 1. The highest BCUT2D eigenvalue weighted by molar-refractivity contribution is 5.77. The molecule has 3 N–H and O–H groups in total. The number of para-hydroxylation sites is 1. The van der Waals surface area contributed by atoms with Crippen LogP contribution in [-0.4, -0.2) is 22.8 Å². The summed E-state index contributed by atoms with van der Waals surface area (Å²) in [6, 6.07) is 7.18. The summed E-state index contributed by atoms with van der Waals surface area (Å²) in [6.07, 6.45) is 1.51. The first-order chi connectivity index (χ1) is 10.1. The van der Waals surface area contributed by atoms with Crippen molar-refractivity contribution in [3.05, 3.63) is 47.9 Å². The fourth-order valence-electron chi connectivity index (χ4n) is 1.99. The monoisotopic (exact) mass is 291 g/mol. The van der Waals surface area contributed by atoms with Gasteiger partial charge in [0.2, 0.25) is 0 Å². The van der Waals surface area contributed by atoms with Gasteiger partial charge in [0.05, 0.1) is 19.4 Å². The number of furan rings is 1. The summed E-state index contributed by atoms with van der Waals surface area (Å²) in [5, 5.41) is 22.3. The lowest BCUT2D eigenvalue weighted by Gasteiger charge is -2.17. The quantitative estimate of drug-likeness (QED) is 0.725. The molecule has 0 fully saturated rings. The van der Waals surface area contributed by atoms with Crippen LogP contribution in [0.2, 0.25) is 0 Å². The molecule has 21 heavy (non-hydrogen) atoms. The Hall–Kier alpha value is -2.47. The van der Waals surface area contributed by atoms with E-state index in [0.717, 1.165) is 0 Å². The summed E-state index contributed by atoms with van der Waals surface area (Å²) in [4.78, 5) is 11.4. The van der Waals surface area contributed by atoms with Crippen molar-refractivity contribution in [2.24, 2.45) is 0 Å². The summed E-state index contributed by atoms with van der Waals surface area (Å²) in [6.45, 7) is 2.41. The molecule has 0 saturated heterocycles. The fourth-order valence-corrected chi connectivity index (χ4v) is 1.99. The molecule has 1 aromatic carbocycles. The van der Waals surface area contributed by atoms with Crippen LogP contribution in [0.25, 0.3) is 0 Å². The maximum absolute atomic E-state index is 11.4. The SMILES string of the molecule is CCOc1cccc(C(NCc2ccco2)C(=O)O)c1O. The van der Waals surface area contributed by atoms with Gasteiger partial charge in [0, 0.05) is 5.56 Å². The number of nitrogens with one attached hydrogen (secondary N) is 1. The van der Waals surface area contributed by atoms with Gasteiger partial charge in [-0.2, -0.15) is 0 Å². The molecule has 1 heterocycles. The number of ether oxygens (including phenoxy) is 1. The number of carboxylic acid groups (broad SMARTS) is 1. The highest BCUT2D eigenvalue weighted by atomic mass is 16.5. The average molecular weight is 291 g/mol. The van der Waals surface area contributed by atoms with Gasteiger partial charge in [-0.05, 0) is 25.1 Å². The molecule has 1 atom stereocenters. The normalized spacial score (nSPS) is 12.0. The van der Waals surface area contributed by atoms with Crippen LogP contribution >= 0.6 is 0 Å². The van der Waals surface area contributed by atoms with Crippen LogP contribution in [-0.2, 0) is 11.3 Å². The molecule has 0 radical (unpaired) electrons. The van der Waals surface area contributed by atoms with E-state index >= 15 is 0 Å². The summed E-state index contributed by atoms with van der Waals surface area (Å²) in [5.41, 5.74) is 0.250. The number of aromatic hydroxyl groups is 1. The van der Waals surface area contributed by atoms with Gasteiger partial charge in [-0.3, -0.25) is 10.1 Å². The second-order valence-corrected chi connectivity index (χ2v) is 4.36. The number of rotatable bonds is 7. The van der Waals surface area contributed by atoms with E-state index in [2.05, 4.69) is 5.32 Å². The summed E-state index contributed by atoms with van der Waals surface area (Å²) in [5.74, 6) is -0.382. The van der Waals surface area contributed by atoms with Crippen LogP contribution in [0.15, 0.2) is 41.0 Å². The topological polar surface area (TPSA) is 91.9 Å². The van der Waals surface area contributed by atoms with Gasteiger partial charge in [-0.15, -0.1) is 0 Å². The van der Waals surface area contributed by atoms with Crippen molar-refractivity contribution in [3.8, 4) is 11.5 Å². The molecule has 2 aromatic rings. The maximum atomic E-state index is 11.4. The van der Waals surface area contributed by atoms with E-state index in [4.69, 9.17) is 9.15 Å². The van der Waals surface area contributed by atoms with Crippen molar-refractivity contribution < 1.29 is 24.2 Å². The molecule has 0 bridgehead atoms. The lowest BCUT2D eigenvalue weighted by Crippen LogP contribution is -2.28. The minimum Gasteiger partial charge on any atom is -0.504 e. The van der Waals surface area contributed by atoms with E-state index in [0.29, 0.717) is 12.4 Å². The van der Waals surface area contributed by atoms with Gasteiger partial charge < -0.3 is 19.4 Å². The molecule has 0 spiro atoms. The van der Waals surface area contributed by atoms with Gasteiger partial charge in [-0.25, -0.2) is 0 Å². The molecule has 0 saturated carbocycles. The number of carbonyl (C=O) groups is 1. The van der Waals surface area contributed by atoms with Crippen LogP contribution in [0.1, 0.15) is 24.3 Å². The molecular weight excluding hydrogens is 274 g/mol. The van der Waals surface area contributed by atoms with Crippen molar-refractivity contribution in [2.45, 2.75) is 19.5 Å². The molecule has 6 heteroatoms. The molecule has 112 valence electrons. The predicted octanol–water partition coefficient (Wildman–Crippen LogP) is 2.30. The first-order valence-electron chi connectivity index (χ1n) is 6.56. The number of aliphatic carboxylic acids is 1. The summed E-state index contributed by atoms with van der Waals surface area (Å²) >= 11 is 0. The predicted molar refractivity (Wildman–Crippen MR) is 75.2 cm³/mol. The smallest absolute Gasteiger partial charge is 0.325 e. The number of benzene rings is 1. The van der Waals surface area contributed by atoms with Crippen molar-refractivity contribution >= 4 is 5.97 Å². The van der Waals surface area contributed by atoms with E-state index < -0.39 is 12.0 Å². The lowest BCUT2D eigenvalue weighted by atomic mass is 10.0. The van der Waals surface area contributed by atoms with E-state index in [1.807, 2.05) is 0 Å². The Labute approximate surface area is 122 Å². The Morgan fingerprint density at radius 1 is 1.38 bits per heavy atom. The van der Waals surface area contributed by atoms with Gasteiger partial charge in [0.1, 0.15) is 11.8 Å².